The number of aryl methyl sites for hydroxylation is 1. The number of nitrogens with zero attached hydrogens (tertiary/aromatic N) is 3. The highest BCUT2D eigenvalue weighted by atomic mass is 16.5. The number of ether oxygens (including phenoxy) is 2. The highest BCUT2D eigenvalue weighted by molar-refractivity contribution is 5.40. The van der Waals surface area contributed by atoms with Crippen LogP contribution in [0.1, 0.15) is 24.8 Å². The number of benzene rings is 1. The van der Waals surface area contributed by atoms with E-state index in [0.29, 0.717) is 13.1 Å². The van der Waals surface area contributed by atoms with E-state index in [0.717, 1.165) is 49.7 Å². The molecular formula is C21H32N4O3. The molecule has 3 rings (SSSR count). The van der Waals surface area contributed by atoms with E-state index in [-0.39, 0.29) is 6.61 Å². The van der Waals surface area contributed by atoms with Gasteiger partial charge in [0.25, 0.3) is 0 Å². The molecule has 2 heterocycles. The lowest BCUT2D eigenvalue weighted by molar-refractivity contribution is 0.0753. The maximum atomic E-state index is 10.3. The zero-order valence-electron chi connectivity index (χ0n) is 16.7. The number of aliphatic hydroxyl groups is 1. The summed E-state index contributed by atoms with van der Waals surface area (Å²) in [5.41, 5.74) is 1.06. The maximum Gasteiger partial charge on any atom is 0.127 e. The minimum atomic E-state index is -0.487. The predicted molar refractivity (Wildman–Crippen MR) is 109 cm³/mol. The Kier molecular flexibility index (Phi) is 8.14. The molecule has 0 radical (unpaired) electrons. The number of hydrogen-bond donors (Lipinski definition) is 2. The summed E-state index contributed by atoms with van der Waals surface area (Å²) in [6.45, 7) is 5.60. The molecule has 0 spiro atoms. The summed E-state index contributed by atoms with van der Waals surface area (Å²) in [4.78, 5) is 2.29. The normalized spacial score (nSPS) is 15.6. The number of likely N-dealkylation sites (tertiary alicyclic amines) is 1. The van der Waals surface area contributed by atoms with Gasteiger partial charge in [-0.3, -0.25) is 4.68 Å². The van der Waals surface area contributed by atoms with E-state index in [4.69, 9.17) is 9.47 Å². The van der Waals surface area contributed by atoms with E-state index in [1.54, 1.807) is 13.3 Å². The standard InChI is InChI=1S/C21H32N4O3/c1-27-20-7-6-18(15-22-8-4-12-25-13-5-9-23-25)21(14-20)28-17-19(26)16-24-10-2-3-11-24/h5-7,9,13-14,19,22,26H,2-4,8,10-12,15-17H2,1H3. The third-order valence-corrected chi connectivity index (χ3v) is 4.99. The van der Waals surface area contributed by atoms with Crippen LogP contribution in [0, 0.1) is 0 Å². The van der Waals surface area contributed by atoms with Crippen LogP contribution in [-0.2, 0) is 13.1 Å². The Bertz CT molecular complexity index is 687. The van der Waals surface area contributed by atoms with Crippen molar-refractivity contribution in [1.29, 1.82) is 0 Å². The van der Waals surface area contributed by atoms with Gasteiger partial charge in [-0.05, 0) is 51.0 Å². The van der Waals surface area contributed by atoms with Crippen LogP contribution in [0.25, 0.3) is 0 Å². The Morgan fingerprint density at radius 3 is 2.89 bits per heavy atom. The van der Waals surface area contributed by atoms with E-state index in [9.17, 15) is 5.11 Å². The first-order valence-corrected chi connectivity index (χ1v) is 10.1. The van der Waals surface area contributed by atoms with E-state index < -0.39 is 6.10 Å². The predicted octanol–water partition coefficient (Wildman–Crippen LogP) is 1.91. The van der Waals surface area contributed by atoms with E-state index in [1.807, 2.05) is 35.1 Å². The summed E-state index contributed by atoms with van der Waals surface area (Å²) in [6.07, 6.45) is 6.73. The van der Waals surface area contributed by atoms with Crippen molar-refractivity contribution in [2.45, 2.75) is 38.5 Å². The third kappa shape index (κ3) is 6.51. The highest BCUT2D eigenvalue weighted by Gasteiger charge is 2.17. The molecule has 2 N–H and O–H groups in total. The van der Waals surface area contributed by atoms with Crippen molar-refractivity contribution in [2.75, 3.05) is 39.9 Å². The molecule has 2 aromatic rings. The molecular weight excluding hydrogens is 356 g/mol. The fourth-order valence-electron chi connectivity index (χ4n) is 3.47. The van der Waals surface area contributed by atoms with Crippen molar-refractivity contribution in [3.63, 3.8) is 0 Å². The molecule has 1 unspecified atom stereocenters. The summed E-state index contributed by atoms with van der Waals surface area (Å²) in [7, 11) is 1.65. The number of aromatic nitrogens is 2. The van der Waals surface area contributed by atoms with Crippen LogP contribution in [0.3, 0.4) is 0 Å². The van der Waals surface area contributed by atoms with Gasteiger partial charge in [0.05, 0.1) is 7.11 Å². The Morgan fingerprint density at radius 1 is 1.29 bits per heavy atom. The molecule has 1 atom stereocenters. The molecule has 1 saturated heterocycles. The maximum absolute atomic E-state index is 10.3. The second kappa shape index (κ2) is 11.0. The van der Waals surface area contributed by atoms with Gasteiger partial charge in [-0.1, -0.05) is 6.07 Å². The molecule has 0 aliphatic carbocycles. The number of β-amino-alcohol motifs (C(OH)–C–C–N with tert-alkyl or cyclic N) is 1. The van der Waals surface area contributed by atoms with Crippen LogP contribution in [0.2, 0.25) is 0 Å². The van der Waals surface area contributed by atoms with Crippen molar-refractivity contribution < 1.29 is 14.6 Å². The Balaban J connectivity index is 1.46. The van der Waals surface area contributed by atoms with Gasteiger partial charge in [0.1, 0.15) is 24.2 Å². The zero-order valence-corrected chi connectivity index (χ0v) is 16.7. The fraction of sp³-hybridized carbons (Fsp3) is 0.571. The minimum absolute atomic E-state index is 0.288. The molecule has 0 amide bonds. The van der Waals surface area contributed by atoms with Crippen LogP contribution >= 0.6 is 0 Å². The van der Waals surface area contributed by atoms with Gasteiger partial charge >= 0.3 is 0 Å². The van der Waals surface area contributed by atoms with Gasteiger partial charge in [0.2, 0.25) is 0 Å². The van der Waals surface area contributed by atoms with Crippen molar-refractivity contribution in [1.82, 2.24) is 20.0 Å². The van der Waals surface area contributed by atoms with Crippen LogP contribution < -0.4 is 14.8 Å². The molecule has 7 heteroatoms. The topological polar surface area (TPSA) is 71.8 Å². The molecule has 154 valence electrons. The van der Waals surface area contributed by atoms with Crippen molar-refractivity contribution in [2.24, 2.45) is 0 Å². The molecule has 0 saturated carbocycles. The van der Waals surface area contributed by atoms with Crippen LogP contribution in [0.5, 0.6) is 11.5 Å². The van der Waals surface area contributed by atoms with Gasteiger partial charge < -0.3 is 24.8 Å². The lowest BCUT2D eigenvalue weighted by Crippen LogP contribution is -2.33. The van der Waals surface area contributed by atoms with Crippen molar-refractivity contribution in [3.8, 4) is 11.5 Å². The summed E-state index contributed by atoms with van der Waals surface area (Å²) in [5, 5.41) is 18.0. The number of methoxy groups -OCH3 is 1. The minimum Gasteiger partial charge on any atom is -0.497 e. The lowest BCUT2D eigenvalue weighted by Gasteiger charge is -2.20. The molecule has 28 heavy (non-hydrogen) atoms. The smallest absolute Gasteiger partial charge is 0.127 e. The Morgan fingerprint density at radius 2 is 2.14 bits per heavy atom. The van der Waals surface area contributed by atoms with E-state index >= 15 is 0 Å². The second-order valence-corrected chi connectivity index (χ2v) is 7.25. The summed E-state index contributed by atoms with van der Waals surface area (Å²) in [6, 6.07) is 7.78. The quantitative estimate of drug-likeness (QED) is 0.541. The number of hydrogen-bond acceptors (Lipinski definition) is 6. The Labute approximate surface area is 167 Å². The van der Waals surface area contributed by atoms with Gasteiger partial charge in [-0.15, -0.1) is 0 Å². The van der Waals surface area contributed by atoms with Gasteiger partial charge in [-0.2, -0.15) is 5.10 Å². The largest absolute Gasteiger partial charge is 0.497 e. The zero-order chi connectivity index (χ0) is 19.6. The Hall–Kier alpha value is -2.09. The van der Waals surface area contributed by atoms with E-state index in [1.165, 1.54) is 12.8 Å². The van der Waals surface area contributed by atoms with Crippen LogP contribution in [0.4, 0.5) is 0 Å². The van der Waals surface area contributed by atoms with Gasteiger partial charge in [0.15, 0.2) is 0 Å². The van der Waals surface area contributed by atoms with Gasteiger partial charge in [0, 0.05) is 43.7 Å². The molecule has 7 nitrogen and oxygen atoms in total. The van der Waals surface area contributed by atoms with Crippen molar-refractivity contribution in [3.05, 3.63) is 42.2 Å². The number of rotatable bonds is 12. The third-order valence-electron chi connectivity index (χ3n) is 4.99. The lowest BCUT2D eigenvalue weighted by atomic mass is 10.2. The summed E-state index contributed by atoms with van der Waals surface area (Å²) >= 11 is 0. The van der Waals surface area contributed by atoms with Crippen LogP contribution in [0.15, 0.2) is 36.7 Å². The first kappa shape index (κ1) is 20.6. The number of nitrogens with one attached hydrogen (secondary N) is 1. The van der Waals surface area contributed by atoms with Crippen LogP contribution in [-0.4, -0.2) is 65.8 Å². The van der Waals surface area contributed by atoms with Crippen molar-refractivity contribution >= 4 is 0 Å². The van der Waals surface area contributed by atoms with Gasteiger partial charge in [-0.25, -0.2) is 0 Å². The molecule has 0 bridgehead atoms. The highest BCUT2D eigenvalue weighted by Crippen LogP contribution is 2.25. The SMILES string of the molecule is COc1ccc(CNCCCn2cccn2)c(OCC(O)CN2CCCC2)c1. The molecule has 1 aliphatic heterocycles. The first-order valence-electron chi connectivity index (χ1n) is 10.1. The van der Waals surface area contributed by atoms with E-state index in [2.05, 4.69) is 15.3 Å². The number of aliphatic hydroxyl groups excluding tert-OH is 1. The second-order valence-electron chi connectivity index (χ2n) is 7.25. The molecule has 1 fully saturated rings. The fourth-order valence-corrected chi connectivity index (χ4v) is 3.47. The summed E-state index contributed by atoms with van der Waals surface area (Å²) < 4.78 is 13.2. The molecule has 1 aromatic carbocycles. The summed E-state index contributed by atoms with van der Waals surface area (Å²) in [5.74, 6) is 1.52. The molecule has 1 aliphatic rings. The first-order chi connectivity index (χ1) is 13.7. The average molecular weight is 389 g/mol. The monoisotopic (exact) mass is 388 g/mol. The average Bonchev–Trinajstić information content (AvgIpc) is 3.41. The molecule has 1 aromatic heterocycles.